The van der Waals surface area contributed by atoms with Crippen molar-refractivity contribution >= 4 is 17.6 Å². The molecule has 0 aliphatic carbocycles. The standard InChI is InChI=1S/C20H15NO5/c22-14-7-11-16(12-8-14)26-15-9-5-13(6-10-15)19(23)21-18-4-2-1-3-17(18)20(24)25/h1-12,22H,(H,21,23)(H,24,25). The molecule has 3 aromatic rings. The normalized spacial score (nSPS) is 10.2. The van der Waals surface area contributed by atoms with Crippen LogP contribution in [0.3, 0.4) is 0 Å². The highest BCUT2D eigenvalue weighted by atomic mass is 16.5. The molecule has 0 atom stereocenters. The van der Waals surface area contributed by atoms with Crippen LogP contribution in [0.5, 0.6) is 17.2 Å². The molecule has 3 N–H and O–H groups in total. The summed E-state index contributed by atoms with van der Waals surface area (Å²) >= 11 is 0. The number of para-hydroxylation sites is 1. The molecule has 6 heteroatoms. The summed E-state index contributed by atoms with van der Waals surface area (Å²) in [5, 5.41) is 21.0. The second kappa shape index (κ2) is 7.40. The Balaban J connectivity index is 1.71. The number of benzene rings is 3. The van der Waals surface area contributed by atoms with E-state index in [0.717, 1.165) is 0 Å². The lowest BCUT2D eigenvalue weighted by Gasteiger charge is -2.09. The third kappa shape index (κ3) is 3.99. The molecule has 0 saturated carbocycles. The molecule has 0 radical (unpaired) electrons. The largest absolute Gasteiger partial charge is 0.508 e. The van der Waals surface area contributed by atoms with Crippen LogP contribution >= 0.6 is 0 Å². The average molecular weight is 349 g/mol. The number of carboxylic acid groups (broad SMARTS) is 1. The lowest BCUT2D eigenvalue weighted by Crippen LogP contribution is -2.14. The van der Waals surface area contributed by atoms with Gasteiger partial charge in [0, 0.05) is 5.56 Å². The summed E-state index contributed by atoms with van der Waals surface area (Å²) in [6.45, 7) is 0. The Morgan fingerprint density at radius 2 is 1.38 bits per heavy atom. The van der Waals surface area contributed by atoms with Gasteiger partial charge in [-0.05, 0) is 60.7 Å². The minimum absolute atomic E-state index is 0.0214. The van der Waals surface area contributed by atoms with Gasteiger partial charge in [-0.3, -0.25) is 4.79 Å². The van der Waals surface area contributed by atoms with Crippen molar-refractivity contribution in [2.45, 2.75) is 0 Å². The topological polar surface area (TPSA) is 95.9 Å². The number of amides is 1. The van der Waals surface area contributed by atoms with Gasteiger partial charge in [-0.1, -0.05) is 12.1 Å². The molecule has 6 nitrogen and oxygen atoms in total. The molecule has 0 saturated heterocycles. The summed E-state index contributed by atoms with van der Waals surface area (Å²) in [6.07, 6.45) is 0. The molecule has 0 aliphatic heterocycles. The van der Waals surface area contributed by atoms with E-state index in [1.54, 1.807) is 48.5 Å². The Kier molecular flexibility index (Phi) is 4.85. The van der Waals surface area contributed by atoms with Crippen LogP contribution in [0.25, 0.3) is 0 Å². The quantitative estimate of drug-likeness (QED) is 0.643. The van der Waals surface area contributed by atoms with E-state index in [2.05, 4.69) is 5.32 Å². The van der Waals surface area contributed by atoms with Crippen LogP contribution in [-0.4, -0.2) is 22.1 Å². The van der Waals surface area contributed by atoms with Gasteiger partial charge in [0.05, 0.1) is 11.3 Å². The van der Waals surface area contributed by atoms with Crippen molar-refractivity contribution in [2.24, 2.45) is 0 Å². The number of rotatable bonds is 5. The van der Waals surface area contributed by atoms with Crippen LogP contribution in [0.15, 0.2) is 72.8 Å². The molecule has 0 fully saturated rings. The Hall–Kier alpha value is -3.80. The van der Waals surface area contributed by atoms with Gasteiger partial charge in [0.1, 0.15) is 17.2 Å². The zero-order valence-electron chi connectivity index (χ0n) is 13.5. The lowest BCUT2D eigenvalue weighted by atomic mass is 10.1. The molecule has 0 aliphatic rings. The molecule has 130 valence electrons. The van der Waals surface area contributed by atoms with E-state index in [-0.39, 0.29) is 17.0 Å². The molecular formula is C20H15NO5. The van der Waals surface area contributed by atoms with Crippen LogP contribution in [-0.2, 0) is 0 Å². The highest BCUT2D eigenvalue weighted by Crippen LogP contribution is 2.24. The van der Waals surface area contributed by atoms with Gasteiger partial charge in [-0.15, -0.1) is 0 Å². The summed E-state index contributed by atoms with van der Waals surface area (Å²) in [7, 11) is 0. The first-order valence-corrected chi connectivity index (χ1v) is 7.73. The number of anilines is 1. The molecule has 26 heavy (non-hydrogen) atoms. The Morgan fingerprint density at radius 1 is 0.808 bits per heavy atom. The number of aromatic carboxylic acids is 1. The van der Waals surface area contributed by atoms with Gasteiger partial charge >= 0.3 is 5.97 Å². The third-order valence-corrected chi connectivity index (χ3v) is 3.59. The first-order chi connectivity index (χ1) is 12.5. The number of aromatic hydroxyl groups is 1. The number of carboxylic acids is 1. The van der Waals surface area contributed by atoms with E-state index < -0.39 is 11.9 Å². The fourth-order valence-electron chi connectivity index (χ4n) is 2.30. The minimum atomic E-state index is -1.11. The number of hydrogen-bond acceptors (Lipinski definition) is 4. The van der Waals surface area contributed by atoms with E-state index in [4.69, 9.17) is 9.84 Å². The fraction of sp³-hybridized carbons (Fsp3) is 0. The van der Waals surface area contributed by atoms with E-state index in [0.29, 0.717) is 17.1 Å². The van der Waals surface area contributed by atoms with E-state index >= 15 is 0 Å². The maximum absolute atomic E-state index is 12.3. The highest BCUT2D eigenvalue weighted by molar-refractivity contribution is 6.07. The monoisotopic (exact) mass is 349 g/mol. The summed E-state index contributed by atoms with van der Waals surface area (Å²) in [4.78, 5) is 23.5. The van der Waals surface area contributed by atoms with Crippen LogP contribution in [0.1, 0.15) is 20.7 Å². The van der Waals surface area contributed by atoms with Crippen molar-refractivity contribution in [2.75, 3.05) is 5.32 Å². The first kappa shape index (κ1) is 17.0. The lowest BCUT2D eigenvalue weighted by molar-refractivity contribution is 0.0698. The smallest absolute Gasteiger partial charge is 0.337 e. The number of hydrogen-bond donors (Lipinski definition) is 3. The number of nitrogens with one attached hydrogen (secondary N) is 1. The third-order valence-electron chi connectivity index (χ3n) is 3.59. The van der Waals surface area contributed by atoms with Crippen LogP contribution in [0, 0.1) is 0 Å². The maximum atomic E-state index is 12.3. The second-order valence-electron chi connectivity index (χ2n) is 5.43. The van der Waals surface area contributed by atoms with Gasteiger partial charge in [-0.25, -0.2) is 4.79 Å². The molecule has 0 bridgehead atoms. The summed E-state index contributed by atoms with van der Waals surface area (Å²) < 4.78 is 5.62. The number of ether oxygens (including phenoxy) is 1. The number of carbonyl (C=O) groups excluding carboxylic acids is 1. The van der Waals surface area contributed by atoms with E-state index in [1.807, 2.05) is 0 Å². The van der Waals surface area contributed by atoms with E-state index in [9.17, 15) is 14.7 Å². The molecule has 3 aromatic carbocycles. The SMILES string of the molecule is O=C(Nc1ccccc1C(=O)O)c1ccc(Oc2ccc(O)cc2)cc1. The summed E-state index contributed by atoms with van der Waals surface area (Å²) in [5.74, 6) is -0.312. The number of carbonyl (C=O) groups is 2. The van der Waals surface area contributed by atoms with Crippen molar-refractivity contribution in [3.05, 3.63) is 83.9 Å². The molecule has 0 heterocycles. The maximum Gasteiger partial charge on any atom is 0.337 e. The van der Waals surface area contributed by atoms with Gasteiger partial charge in [-0.2, -0.15) is 0 Å². The number of phenolic OH excluding ortho intramolecular Hbond substituents is 1. The molecule has 1 amide bonds. The van der Waals surface area contributed by atoms with Crippen molar-refractivity contribution in [3.8, 4) is 17.2 Å². The Bertz CT molecular complexity index is 933. The van der Waals surface area contributed by atoms with Gasteiger partial charge < -0.3 is 20.3 Å². The van der Waals surface area contributed by atoms with Crippen LogP contribution in [0.2, 0.25) is 0 Å². The Labute approximate surface area is 149 Å². The summed E-state index contributed by atoms with van der Waals surface area (Å²) in [6, 6.07) is 18.9. The molecular weight excluding hydrogens is 334 g/mol. The number of phenols is 1. The highest BCUT2D eigenvalue weighted by Gasteiger charge is 2.13. The zero-order valence-corrected chi connectivity index (χ0v) is 13.5. The van der Waals surface area contributed by atoms with Crippen molar-refractivity contribution in [3.63, 3.8) is 0 Å². The van der Waals surface area contributed by atoms with Crippen molar-refractivity contribution in [1.29, 1.82) is 0 Å². The van der Waals surface area contributed by atoms with Gasteiger partial charge in [0.15, 0.2) is 0 Å². The van der Waals surface area contributed by atoms with Crippen molar-refractivity contribution < 1.29 is 24.5 Å². The van der Waals surface area contributed by atoms with Crippen LogP contribution in [0.4, 0.5) is 5.69 Å². The van der Waals surface area contributed by atoms with Gasteiger partial charge in [0.25, 0.3) is 5.91 Å². The molecule has 3 rings (SSSR count). The molecule has 0 aromatic heterocycles. The van der Waals surface area contributed by atoms with Gasteiger partial charge in [0.2, 0.25) is 0 Å². The second-order valence-corrected chi connectivity index (χ2v) is 5.43. The van der Waals surface area contributed by atoms with Crippen LogP contribution < -0.4 is 10.1 Å². The molecule has 0 spiro atoms. The van der Waals surface area contributed by atoms with E-state index in [1.165, 1.54) is 24.3 Å². The fourth-order valence-corrected chi connectivity index (χ4v) is 2.30. The average Bonchev–Trinajstić information content (AvgIpc) is 2.64. The minimum Gasteiger partial charge on any atom is -0.508 e. The van der Waals surface area contributed by atoms with Crippen molar-refractivity contribution in [1.82, 2.24) is 0 Å². The predicted octanol–water partition coefficient (Wildman–Crippen LogP) is 4.14. The zero-order chi connectivity index (χ0) is 18.5. The molecule has 0 unspecified atom stereocenters. The Morgan fingerprint density at radius 3 is 2.00 bits per heavy atom. The summed E-state index contributed by atoms with van der Waals surface area (Å²) in [5.41, 5.74) is 0.616. The first-order valence-electron chi connectivity index (χ1n) is 7.73. The predicted molar refractivity (Wildman–Crippen MR) is 96.0 cm³/mol.